The van der Waals surface area contributed by atoms with Crippen molar-refractivity contribution in [3.63, 3.8) is 0 Å². The Bertz CT molecular complexity index is 422. The molecule has 19 heavy (non-hydrogen) atoms. The van der Waals surface area contributed by atoms with Gasteiger partial charge >= 0.3 is 0 Å². The van der Waals surface area contributed by atoms with Crippen molar-refractivity contribution in [2.75, 3.05) is 13.1 Å². The fourth-order valence-electron chi connectivity index (χ4n) is 2.76. The standard InChI is InChI=1S/C15H23FN2.ClH/c1-11(12-6-4-5-7-13(12)16)18-9-8-14(17)15(2,3)10-18;/h4-7,11,14H,8-10,17H2,1-3H3;1H. The molecule has 2 nitrogen and oxygen atoms in total. The van der Waals surface area contributed by atoms with Crippen LogP contribution in [0, 0.1) is 11.2 Å². The number of likely N-dealkylation sites (tertiary alicyclic amines) is 1. The minimum atomic E-state index is -0.113. The fraction of sp³-hybridized carbons (Fsp3) is 0.600. The van der Waals surface area contributed by atoms with E-state index in [1.807, 2.05) is 12.1 Å². The van der Waals surface area contributed by atoms with Gasteiger partial charge in [-0.2, -0.15) is 0 Å². The third-order valence-corrected chi connectivity index (χ3v) is 4.24. The smallest absolute Gasteiger partial charge is 0.127 e. The first-order valence-corrected chi connectivity index (χ1v) is 6.66. The molecule has 2 atom stereocenters. The molecule has 2 unspecified atom stereocenters. The average Bonchev–Trinajstić information content (AvgIpc) is 2.32. The summed E-state index contributed by atoms with van der Waals surface area (Å²) in [5.41, 5.74) is 7.02. The second-order valence-electron chi connectivity index (χ2n) is 6.05. The zero-order chi connectivity index (χ0) is 13.3. The lowest BCUT2D eigenvalue weighted by atomic mass is 9.79. The van der Waals surface area contributed by atoms with E-state index in [1.54, 1.807) is 6.07 Å². The summed E-state index contributed by atoms with van der Waals surface area (Å²) in [7, 11) is 0. The lowest BCUT2D eigenvalue weighted by Gasteiger charge is -2.45. The molecular formula is C15H24ClFN2. The number of benzene rings is 1. The predicted molar refractivity (Wildman–Crippen MR) is 80.0 cm³/mol. The van der Waals surface area contributed by atoms with Gasteiger partial charge in [-0.3, -0.25) is 4.90 Å². The highest BCUT2D eigenvalue weighted by molar-refractivity contribution is 5.85. The summed E-state index contributed by atoms with van der Waals surface area (Å²) in [6.07, 6.45) is 0.978. The van der Waals surface area contributed by atoms with Gasteiger partial charge < -0.3 is 5.73 Å². The number of piperidine rings is 1. The maximum atomic E-state index is 13.8. The molecule has 1 heterocycles. The SMILES string of the molecule is CC(c1ccccc1F)N1CCC(N)C(C)(C)C1.Cl. The summed E-state index contributed by atoms with van der Waals surface area (Å²) >= 11 is 0. The number of nitrogens with two attached hydrogens (primary N) is 1. The summed E-state index contributed by atoms with van der Waals surface area (Å²) in [5.74, 6) is -0.113. The summed E-state index contributed by atoms with van der Waals surface area (Å²) in [4.78, 5) is 2.34. The van der Waals surface area contributed by atoms with Crippen molar-refractivity contribution in [1.82, 2.24) is 4.90 Å². The van der Waals surface area contributed by atoms with E-state index < -0.39 is 0 Å². The van der Waals surface area contributed by atoms with Gasteiger partial charge in [-0.25, -0.2) is 4.39 Å². The van der Waals surface area contributed by atoms with Crippen LogP contribution in [0.3, 0.4) is 0 Å². The first-order valence-electron chi connectivity index (χ1n) is 6.66. The van der Waals surface area contributed by atoms with E-state index >= 15 is 0 Å². The fourth-order valence-corrected chi connectivity index (χ4v) is 2.76. The van der Waals surface area contributed by atoms with Gasteiger partial charge in [0, 0.05) is 30.7 Å². The number of hydrogen-bond donors (Lipinski definition) is 1. The first-order chi connectivity index (χ1) is 8.42. The van der Waals surface area contributed by atoms with Crippen molar-refractivity contribution < 1.29 is 4.39 Å². The molecule has 0 aliphatic carbocycles. The predicted octanol–water partition coefficient (Wildman–Crippen LogP) is 3.37. The maximum Gasteiger partial charge on any atom is 0.127 e. The maximum absolute atomic E-state index is 13.8. The van der Waals surface area contributed by atoms with Gasteiger partial charge in [0.15, 0.2) is 0 Å². The molecule has 108 valence electrons. The van der Waals surface area contributed by atoms with Crippen LogP contribution in [0.1, 0.15) is 38.8 Å². The van der Waals surface area contributed by atoms with Crippen molar-refractivity contribution in [2.24, 2.45) is 11.1 Å². The van der Waals surface area contributed by atoms with E-state index in [4.69, 9.17) is 5.73 Å². The van der Waals surface area contributed by atoms with Crippen molar-refractivity contribution in [3.8, 4) is 0 Å². The molecule has 1 aromatic rings. The molecule has 0 radical (unpaired) electrons. The summed E-state index contributed by atoms with van der Waals surface area (Å²) in [5, 5.41) is 0. The van der Waals surface area contributed by atoms with Gasteiger partial charge in [-0.1, -0.05) is 32.0 Å². The van der Waals surface area contributed by atoms with E-state index in [2.05, 4.69) is 25.7 Å². The van der Waals surface area contributed by atoms with E-state index in [9.17, 15) is 4.39 Å². The number of halogens is 2. The van der Waals surface area contributed by atoms with Crippen molar-refractivity contribution >= 4 is 12.4 Å². The number of nitrogens with zero attached hydrogens (tertiary/aromatic N) is 1. The minimum Gasteiger partial charge on any atom is -0.327 e. The molecule has 1 aromatic carbocycles. The summed E-state index contributed by atoms with van der Waals surface area (Å²) in [6, 6.07) is 7.39. The lowest BCUT2D eigenvalue weighted by molar-refractivity contribution is 0.0652. The molecule has 0 spiro atoms. The Morgan fingerprint density at radius 3 is 2.58 bits per heavy atom. The molecule has 1 aliphatic heterocycles. The van der Waals surface area contributed by atoms with Crippen molar-refractivity contribution in [1.29, 1.82) is 0 Å². The molecule has 1 fully saturated rings. The van der Waals surface area contributed by atoms with E-state index in [1.165, 1.54) is 6.07 Å². The second-order valence-corrected chi connectivity index (χ2v) is 6.05. The Hall–Kier alpha value is -0.640. The molecule has 0 saturated carbocycles. The average molecular weight is 287 g/mol. The van der Waals surface area contributed by atoms with Crippen LogP contribution < -0.4 is 5.73 Å². The van der Waals surface area contributed by atoms with Gasteiger partial charge in [-0.05, 0) is 24.8 Å². The normalized spacial score (nSPS) is 24.6. The molecule has 0 aromatic heterocycles. The zero-order valence-corrected chi connectivity index (χ0v) is 12.7. The zero-order valence-electron chi connectivity index (χ0n) is 11.9. The molecule has 1 saturated heterocycles. The van der Waals surface area contributed by atoms with Crippen LogP contribution in [0.5, 0.6) is 0 Å². The largest absolute Gasteiger partial charge is 0.327 e. The van der Waals surface area contributed by atoms with E-state index in [0.717, 1.165) is 25.1 Å². The van der Waals surface area contributed by atoms with Crippen LogP contribution in [0.25, 0.3) is 0 Å². The monoisotopic (exact) mass is 286 g/mol. The molecule has 2 rings (SSSR count). The highest BCUT2D eigenvalue weighted by atomic mass is 35.5. The Balaban J connectivity index is 0.00000180. The second kappa shape index (κ2) is 6.21. The van der Waals surface area contributed by atoms with Gasteiger partial charge in [0.25, 0.3) is 0 Å². The Labute approximate surface area is 121 Å². The lowest BCUT2D eigenvalue weighted by Crippen LogP contribution is -2.52. The Morgan fingerprint density at radius 2 is 2.00 bits per heavy atom. The van der Waals surface area contributed by atoms with Crippen LogP contribution in [0.4, 0.5) is 4.39 Å². The Morgan fingerprint density at radius 1 is 1.37 bits per heavy atom. The van der Waals surface area contributed by atoms with Gasteiger partial charge in [-0.15, -0.1) is 12.4 Å². The van der Waals surface area contributed by atoms with Crippen LogP contribution >= 0.6 is 12.4 Å². The van der Waals surface area contributed by atoms with Crippen LogP contribution in [0.2, 0.25) is 0 Å². The molecular weight excluding hydrogens is 263 g/mol. The summed E-state index contributed by atoms with van der Waals surface area (Å²) < 4.78 is 13.8. The highest BCUT2D eigenvalue weighted by Crippen LogP contribution is 2.33. The molecule has 1 aliphatic rings. The van der Waals surface area contributed by atoms with E-state index in [0.29, 0.717) is 0 Å². The van der Waals surface area contributed by atoms with Gasteiger partial charge in [0.05, 0.1) is 0 Å². The Kier molecular flexibility index (Phi) is 5.36. The van der Waals surface area contributed by atoms with Crippen molar-refractivity contribution in [3.05, 3.63) is 35.6 Å². The van der Waals surface area contributed by atoms with Gasteiger partial charge in [0.2, 0.25) is 0 Å². The molecule has 0 amide bonds. The third-order valence-electron chi connectivity index (χ3n) is 4.24. The topological polar surface area (TPSA) is 29.3 Å². The summed E-state index contributed by atoms with van der Waals surface area (Å²) in [6.45, 7) is 8.32. The number of hydrogen-bond acceptors (Lipinski definition) is 2. The third kappa shape index (κ3) is 3.47. The van der Waals surface area contributed by atoms with E-state index in [-0.39, 0.29) is 35.7 Å². The highest BCUT2D eigenvalue weighted by Gasteiger charge is 2.35. The first kappa shape index (κ1) is 16.4. The molecule has 2 N–H and O–H groups in total. The van der Waals surface area contributed by atoms with Crippen LogP contribution in [-0.4, -0.2) is 24.0 Å². The quantitative estimate of drug-likeness (QED) is 0.903. The van der Waals surface area contributed by atoms with Crippen LogP contribution in [-0.2, 0) is 0 Å². The van der Waals surface area contributed by atoms with Gasteiger partial charge in [0.1, 0.15) is 5.82 Å². The number of rotatable bonds is 2. The minimum absolute atomic E-state index is 0. The van der Waals surface area contributed by atoms with Crippen molar-refractivity contribution in [2.45, 2.75) is 39.3 Å². The molecule has 0 bridgehead atoms. The molecule has 4 heteroatoms. The van der Waals surface area contributed by atoms with Crippen LogP contribution in [0.15, 0.2) is 24.3 Å².